The molecule has 5 rings (SSSR count). The highest BCUT2D eigenvalue weighted by molar-refractivity contribution is 7.81. The number of anilines is 2. The zero-order chi connectivity index (χ0) is 28.9. The van der Waals surface area contributed by atoms with E-state index >= 15 is 0 Å². The summed E-state index contributed by atoms with van der Waals surface area (Å²) in [5.74, 6) is 1.58. The molecular weight excluding hydrogens is 565 g/mol. The Balaban J connectivity index is 1.67. The fraction of sp³-hybridized carbons (Fsp3) is 0.118. The van der Waals surface area contributed by atoms with E-state index < -0.39 is 0 Å². The van der Waals surface area contributed by atoms with E-state index in [1.807, 2.05) is 48.5 Å². The van der Waals surface area contributed by atoms with Crippen molar-refractivity contribution in [3.05, 3.63) is 119 Å². The summed E-state index contributed by atoms with van der Waals surface area (Å²) in [4.78, 5) is 2.32. The van der Waals surface area contributed by atoms with Crippen LogP contribution in [0.25, 0.3) is 21.6 Å². The largest absolute Gasteiger partial charge is 0.497 e. The number of thiophene rings is 1. The summed E-state index contributed by atoms with van der Waals surface area (Å²) in [7, 11) is 3.34. The summed E-state index contributed by atoms with van der Waals surface area (Å²) in [5.41, 5.74) is 8.19. The minimum Gasteiger partial charge on any atom is -0.497 e. The van der Waals surface area contributed by atoms with E-state index in [1.54, 1.807) is 25.6 Å². The number of rotatable bonds is 8. The van der Waals surface area contributed by atoms with Crippen molar-refractivity contribution in [3.63, 3.8) is 0 Å². The van der Waals surface area contributed by atoms with E-state index in [2.05, 4.69) is 73.0 Å². The molecule has 0 bridgehead atoms. The second-order valence-corrected chi connectivity index (χ2v) is 11.4. The van der Waals surface area contributed by atoms with Crippen LogP contribution < -0.4 is 20.1 Å². The van der Waals surface area contributed by atoms with Crippen LogP contribution in [0, 0.1) is 13.8 Å². The fourth-order valence-corrected chi connectivity index (χ4v) is 6.12. The van der Waals surface area contributed by atoms with Crippen molar-refractivity contribution >= 4 is 56.4 Å². The Kier molecular flexibility index (Phi) is 8.78. The Bertz CT molecular complexity index is 1670. The van der Waals surface area contributed by atoms with Gasteiger partial charge in [-0.2, -0.15) is 0 Å². The second kappa shape index (κ2) is 12.6. The first-order valence-electron chi connectivity index (χ1n) is 13.1. The van der Waals surface area contributed by atoms with Crippen LogP contribution in [-0.4, -0.2) is 24.2 Å². The molecule has 206 valence electrons. The van der Waals surface area contributed by atoms with Gasteiger partial charge in [0, 0.05) is 16.7 Å². The Morgan fingerprint density at radius 3 is 1.49 bits per heavy atom. The maximum Gasteiger partial charge on any atom is 0.118 e. The van der Waals surface area contributed by atoms with Gasteiger partial charge >= 0.3 is 0 Å². The van der Waals surface area contributed by atoms with Crippen molar-refractivity contribution in [3.8, 4) is 33.1 Å². The zero-order valence-electron chi connectivity index (χ0n) is 23.3. The number of hydrogen-bond donors (Lipinski definition) is 2. The van der Waals surface area contributed by atoms with Gasteiger partial charge in [-0.1, -0.05) is 96.2 Å². The Hall–Kier alpha value is -4.04. The highest BCUT2D eigenvalue weighted by Crippen LogP contribution is 2.50. The van der Waals surface area contributed by atoms with Gasteiger partial charge in [0.25, 0.3) is 0 Å². The normalized spacial score (nSPS) is 10.6. The molecule has 0 saturated heterocycles. The molecule has 0 aliphatic heterocycles. The zero-order valence-corrected chi connectivity index (χ0v) is 25.7. The molecule has 0 radical (unpaired) electrons. The van der Waals surface area contributed by atoms with Crippen molar-refractivity contribution in [1.82, 2.24) is 0 Å². The molecule has 0 saturated carbocycles. The lowest BCUT2D eigenvalue weighted by Gasteiger charge is -2.15. The van der Waals surface area contributed by atoms with Crippen molar-refractivity contribution in [2.24, 2.45) is 0 Å². The van der Waals surface area contributed by atoms with Crippen molar-refractivity contribution in [2.45, 2.75) is 13.8 Å². The lowest BCUT2D eigenvalue weighted by atomic mass is 10.0. The fourth-order valence-electron chi connectivity index (χ4n) is 4.39. The number of nitrogens with one attached hydrogen (secondary N) is 2. The standard InChI is InChI=1S/C34H30N2O2S3/c1-21-5-9-25(10-6-21)32(39)35-30-29(23-13-17-27(37-3)18-14-23)34(36-33(40)26-11-7-22(2)8-12-26)41-31(30)24-15-19-28(38-4)20-16-24/h5-20H,1-4H3,(H,35,39)(H,36,40). The average Bonchev–Trinajstić information content (AvgIpc) is 3.34. The van der Waals surface area contributed by atoms with E-state index in [-0.39, 0.29) is 0 Å². The summed E-state index contributed by atoms with van der Waals surface area (Å²) in [6.45, 7) is 4.13. The molecule has 4 aromatic carbocycles. The van der Waals surface area contributed by atoms with E-state index in [4.69, 9.17) is 33.9 Å². The Labute approximate surface area is 256 Å². The molecule has 0 spiro atoms. The summed E-state index contributed by atoms with van der Waals surface area (Å²) in [6.07, 6.45) is 0. The van der Waals surface area contributed by atoms with Crippen LogP contribution in [-0.2, 0) is 0 Å². The van der Waals surface area contributed by atoms with Crippen LogP contribution in [0.3, 0.4) is 0 Å². The quantitative estimate of drug-likeness (QED) is 0.175. The third-order valence-electron chi connectivity index (χ3n) is 6.73. The smallest absolute Gasteiger partial charge is 0.118 e. The molecule has 0 aliphatic carbocycles. The van der Waals surface area contributed by atoms with Gasteiger partial charge < -0.3 is 20.1 Å². The van der Waals surface area contributed by atoms with Gasteiger partial charge in [0.2, 0.25) is 0 Å². The first-order valence-corrected chi connectivity index (χ1v) is 14.7. The topological polar surface area (TPSA) is 42.5 Å². The van der Waals surface area contributed by atoms with E-state index in [0.29, 0.717) is 9.98 Å². The number of methoxy groups -OCH3 is 2. The number of ether oxygens (including phenoxy) is 2. The molecule has 0 atom stereocenters. The summed E-state index contributed by atoms with van der Waals surface area (Å²) < 4.78 is 10.9. The van der Waals surface area contributed by atoms with E-state index in [1.165, 1.54) is 11.1 Å². The van der Waals surface area contributed by atoms with Crippen LogP contribution in [0.5, 0.6) is 11.5 Å². The van der Waals surface area contributed by atoms with Crippen LogP contribution in [0.2, 0.25) is 0 Å². The third kappa shape index (κ3) is 6.49. The molecule has 4 nitrogen and oxygen atoms in total. The Morgan fingerprint density at radius 2 is 1.02 bits per heavy atom. The first-order chi connectivity index (χ1) is 19.9. The number of aryl methyl sites for hydroxylation is 2. The summed E-state index contributed by atoms with van der Waals surface area (Å²) in [6, 6.07) is 32.5. The molecule has 0 unspecified atom stereocenters. The third-order valence-corrected chi connectivity index (χ3v) is 8.56. The van der Waals surface area contributed by atoms with Crippen molar-refractivity contribution in [2.75, 3.05) is 24.9 Å². The maximum absolute atomic E-state index is 5.94. The van der Waals surface area contributed by atoms with Gasteiger partial charge in [-0.05, 0) is 61.4 Å². The monoisotopic (exact) mass is 594 g/mol. The van der Waals surface area contributed by atoms with Crippen LogP contribution in [0.1, 0.15) is 22.3 Å². The maximum atomic E-state index is 5.94. The molecular formula is C34H30N2O2S3. The molecule has 0 amide bonds. The van der Waals surface area contributed by atoms with Gasteiger partial charge in [-0.15, -0.1) is 11.3 Å². The molecule has 0 fully saturated rings. The lowest BCUT2D eigenvalue weighted by Crippen LogP contribution is -2.12. The van der Waals surface area contributed by atoms with Gasteiger partial charge in [-0.3, -0.25) is 0 Å². The molecule has 1 heterocycles. The second-order valence-electron chi connectivity index (χ2n) is 9.61. The predicted molar refractivity (Wildman–Crippen MR) is 181 cm³/mol. The van der Waals surface area contributed by atoms with Crippen LogP contribution in [0.15, 0.2) is 97.1 Å². The van der Waals surface area contributed by atoms with Gasteiger partial charge in [0.1, 0.15) is 26.5 Å². The molecule has 41 heavy (non-hydrogen) atoms. The first kappa shape index (κ1) is 28.5. The van der Waals surface area contributed by atoms with E-state index in [0.717, 1.165) is 54.9 Å². The minimum absolute atomic E-state index is 0.639. The Morgan fingerprint density at radius 1 is 0.585 bits per heavy atom. The molecule has 0 aliphatic rings. The number of benzene rings is 4. The van der Waals surface area contributed by atoms with Gasteiger partial charge in [-0.25, -0.2) is 0 Å². The SMILES string of the molecule is COc1ccc(-c2sc(NC(=S)c3ccc(C)cc3)c(-c3ccc(OC)cc3)c2NC(=S)c2ccc(C)cc2)cc1. The van der Waals surface area contributed by atoms with E-state index in [9.17, 15) is 0 Å². The molecule has 1 aromatic heterocycles. The van der Waals surface area contributed by atoms with Crippen molar-refractivity contribution in [1.29, 1.82) is 0 Å². The predicted octanol–water partition coefficient (Wildman–Crippen LogP) is 9.29. The van der Waals surface area contributed by atoms with Gasteiger partial charge in [0.15, 0.2) is 0 Å². The van der Waals surface area contributed by atoms with Crippen LogP contribution >= 0.6 is 35.8 Å². The molecule has 5 aromatic rings. The van der Waals surface area contributed by atoms with Gasteiger partial charge in [0.05, 0.1) is 24.8 Å². The molecule has 7 heteroatoms. The highest BCUT2D eigenvalue weighted by atomic mass is 32.1. The summed E-state index contributed by atoms with van der Waals surface area (Å²) >= 11 is 13.5. The van der Waals surface area contributed by atoms with Crippen LogP contribution in [0.4, 0.5) is 10.7 Å². The number of hydrogen-bond acceptors (Lipinski definition) is 5. The minimum atomic E-state index is 0.639. The lowest BCUT2D eigenvalue weighted by molar-refractivity contribution is 0.415. The molecule has 2 N–H and O–H groups in total. The highest BCUT2D eigenvalue weighted by Gasteiger charge is 2.23. The number of thiocarbonyl (C=S) groups is 2. The summed E-state index contributed by atoms with van der Waals surface area (Å²) in [5, 5.41) is 8.08. The average molecular weight is 595 g/mol. The van der Waals surface area contributed by atoms with Crippen molar-refractivity contribution < 1.29 is 9.47 Å².